The minimum absolute atomic E-state index is 0.0173. The number of pyridine rings is 1. The number of halogens is 1. The predicted molar refractivity (Wildman–Crippen MR) is 113 cm³/mol. The highest BCUT2D eigenvalue weighted by atomic mass is 32.1. The van der Waals surface area contributed by atoms with E-state index in [1.807, 2.05) is 35.7 Å². The van der Waals surface area contributed by atoms with E-state index in [9.17, 15) is 9.18 Å². The highest BCUT2D eigenvalue weighted by molar-refractivity contribution is 7.13. The Morgan fingerprint density at radius 2 is 2.07 bits per heavy atom. The van der Waals surface area contributed by atoms with Gasteiger partial charge in [-0.15, -0.1) is 11.3 Å². The third kappa shape index (κ3) is 3.93. The number of benzene rings is 1. The molecule has 146 valence electrons. The number of hydrogen-bond donors (Lipinski definition) is 2. The fourth-order valence-corrected chi connectivity index (χ4v) is 3.85. The lowest BCUT2D eigenvalue weighted by atomic mass is 10.0. The van der Waals surface area contributed by atoms with E-state index in [0.29, 0.717) is 23.9 Å². The predicted octanol–water partition coefficient (Wildman–Crippen LogP) is 3.91. The maximum Gasteiger partial charge on any atom is 0.254 e. The third-order valence-corrected chi connectivity index (χ3v) is 5.42. The van der Waals surface area contributed by atoms with Crippen molar-refractivity contribution in [2.45, 2.75) is 6.42 Å². The summed E-state index contributed by atoms with van der Waals surface area (Å²) in [6.45, 7) is 0.606. The summed E-state index contributed by atoms with van der Waals surface area (Å²) in [5, 5.41) is 8.29. The molecule has 1 aromatic carbocycles. The number of anilines is 1. The molecule has 0 aliphatic heterocycles. The van der Waals surface area contributed by atoms with Crippen molar-refractivity contribution in [2.24, 2.45) is 0 Å². The van der Waals surface area contributed by atoms with Gasteiger partial charge in [0.15, 0.2) is 5.82 Å². The smallest absolute Gasteiger partial charge is 0.254 e. The average Bonchev–Trinajstić information content (AvgIpc) is 3.28. The minimum atomic E-state index is -0.630. The number of hydrogen-bond acceptors (Lipinski definition) is 6. The van der Waals surface area contributed by atoms with E-state index in [1.165, 1.54) is 13.4 Å². The van der Waals surface area contributed by atoms with Crippen molar-refractivity contribution in [3.05, 3.63) is 71.2 Å². The van der Waals surface area contributed by atoms with Crippen molar-refractivity contribution < 1.29 is 9.18 Å². The molecule has 4 aromatic rings. The maximum absolute atomic E-state index is 14.2. The van der Waals surface area contributed by atoms with Gasteiger partial charge in [0.1, 0.15) is 12.1 Å². The lowest BCUT2D eigenvalue weighted by molar-refractivity contribution is 0.0961. The maximum atomic E-state index is 14.2. The molecule has 3 aromatic heterocycles. The van der Waals surface area contributed by atoms with Crippen LogP contribution in [0.15, 0.2) is 54.3 Å². The van der Waals surface area contributed by atoms with Crippen molar-refractivity contribution in [1.82, 2.24) is 20.3 Å². The highest BCUT2D eigenvalue weighted by Crippen LogP contribution is 2.25. The summed E-state index contributed by atoms with van der Waals surface area (Å²) in [6.07, 6.45) is 3.28. The van der Waals surface area contributed by atoms with Gasteiger partial charge in [-0.1, -0.05) is 24.3 Å². The normalized spacial score (nSPS) is 10.8. The zero-order valence-electron chi connectivity index (χ0n) is 15.6. The van der Waals surface area contributed by atoms with Crippen LogP contribution in [0.3, 0.4) is 0 Å². The summed E-state index contributed by atoms with van der Waals surface area (Å²) in [5.74, 6) is -0.366. The van der Waals surface area contributed by atoms with E-state index in [-0.39, 0.29) is 5.56 Å². The number of nitrogens with one attached hydrogen (secondary N) is 2. The molecule has 0 aliphatic rings. The molecule has 3 heterocycles. The monoisotopic (exact) mass is 407 g/mol. The van der Waals surface area contributed by atoms with E-state index < -0.39 is 11.7 Å². The molecular weight excluding hydrogens is 389 g/mol. The number of amides is 1. The van der Waals surface area contributed by atoms with Crippen molar-refractivity contribution >= 4 is 34.0 Å². The molecule has 0 saturated carbocycles. The first kappa shape index (κ1) is 18.9. The Morgan fingerprint density at radius 1 is 1.17 bits per heavy atom. The molecule has 0 fully saturated rings. The summed E-state index contributed by atoms with van der Waals surface area (Å²) in [6, 6.07) is 11.4. The second-order valence-corrected chi connectivity index (χ2v) is 7.26. The van der Waals surface area contributed by atoms with Gasteiger partial charge in [-0.3, -0.25) is 9.78 Å². The fraction of sp³-hybridized carbons (Fsp3) is 0.143. The van der Waals surface area contributed by atoms with Crippen LogP contribution >= 0.6 is 11.3 Å². The van der Waals surface area contributed by atoms with E-state index in [4.69, 9.17) is 0 Å². The molecule has 0 bridgehead atoms. The first-order chi connectivity index (χ1) is 14.2. The van der Waals surface area contributed by atoms with Crippen LogP contribution in [0.5, 0.6) is 0 Å². The SMILES string of the molecule is CNC(=O)c1c(F)cnc2c(CCNc3cc(-c4cccs4)ncn3)cccc12. The number of nitrogens with zero attached hydrogens (tertiary/aromatic N) is 3. The standard InChI is InChI=1S/C21H18FN5OS/c1-23-21(28)19-14-5-2-4-13(20(14)25-11-15(19)22)7-8-24-18-10-16(26-12-27-18)17-6-3-9-29-17/h2-6,9-12H,7-8H2,1H3,(H,23,28)(H,24,26,27). The third-order valence-electron chi connectivity index (χ3n) is 4.53. The zero-order valence-corrected chi connectivity index (χ0v) is 16.5. The number of carbonyl (C=O) groups is 1. The number of rotatable bonds is 6. The number of carbonyl (C=O) groups excluding carboxylic acids is 1. The van der Waals surface area contributed by atoms with E-state index in [1.54, 1.807) is 17.4 Å². The van der Waals surface area contributed by atoms with Crippen molar-refractivity contribution in [1.29, 1.82) is 0 Å². The summed E-state index contributed by atoms with van der Waals surface area (Å²) >= 11 is 1.62. The first-order valence-electron chi connectivity index (χ1n) is 9.05. The topological polar surface area (TPSA) is 79.8 Å². The molecule has 0 aliphatic carbocycles. The van der Waals surface area contributed by atoms with Gasteiger partial charge in [-0.05, 0) is 23.4 Å². The molecule has 0 saturated heterocycles. The van der Waals surface area contributed by atoms with Gasteiger partial charge in [-0.2, -0.15) is 0 Å². The summed E-state index contributed by atoms with van der Waals surface area (Å²) < 4.78 is 14.2. The van der Waals surface area contributed by atoms with Crippen molar-refractivity contribution in [2.75, 3.05) is 18.9 Å². The highest BCUT2D eigenvalue weighted by Gasteiger charge is 2.17. The minimum Gasteiger partial charge on any atom is -0.370 e. The Labute approximate surface area is 170 Å². The lowest BCUT2D eigenvalue weighted by Gasteiger charge is -2.11. The number of aromatic nitrogens is 3. The van der Waals surface area contributed by atoms with Gasteiger partial charge >= 0.3 is 0 Å². The molecule has 6 nitrogen and oxygen atoms in total. The Balaban J connectivity index is 1.54. The van der Waals surface area contributed by atoms with Crippen LogP contribution < -0.4 is 10.6 Å². The van der Waals surface area contributed by atoms with Crippen LogP contribution in [0.25, 0.3) is 21.5 Å². The summed E-state index contributed by atoms with van der Waals surface area (Å²) in [5.41, 5.74) is 2.43. The number of para-hydroxylation sites is 1. The van der Waals surface area contributed by atoms with Gasteiger partial charge in [0.05, 0.1) is 27.8 Å². The van der Waals surface area contributed by atoms with Crippen molar-refractivity contribution in [3.8, 4) is 10.6 Å². The quantitative estimate of drug-likeness (QED) is 0.507. The molecular formula is C21H18FN5OS. The molecule has 29 heavy (non-hydrogen) atoms. The molecule has 8 heteroatoms. The van der Waals surface area contributed by atoms with E-state index in [2.05, 4.69) is 25.6 Å². The second-order valence-electron chi connectivity index (χ2n) is 6.32. The molecule has 0 unspecified atom stereocenters. The number of thiophene rings is 1. The van der Waals surface area contributed by atoms with E-state index in [0.717, 1.165) is 28.1 Å². The number of fused-ring (bicyclic) bond motifs is 1. The summed E-state index contributed by atoms with van der Waals surface area (Å²) in [4.78, 5) is 26.0. The molecule has 4 rings (SSSR count). The van der Waals surface area contributed by atoms with Gasteiger partial charge in [-0.25, -0.2) is 14.4 Å². The van der Waals surface area contributed by atoms with E-state index >= 15 is 0 Å². The van der Waals surface area contributed by atoms with Crippen LogP contribution in [0.1, 0.15) is 15.9 Å². The molecule has 0 spiro atoms. The molecule has 2 N–H and O–H groups in total. The van der Waals surface area contributed by atoms with Crippen LogP contribution in [-0.4, -0.2) is 34.5 Å². The molecule has 1 amide bonds. The molecule has 0 atom stereocenters. The van der Waals surface area contributed by atoms with Gasteiger partial charge in [0.25, 0.3) is 5.91 Å². The first-order valence-corrected chi connectivity index (χ1v) is 9.93. The lowest BCUT2D eigenvalue weighted by Crippen LogP contribution is -2.20. The Hall–Kier alpha value is -3.39. The van der Waals surface area contributed by atoms with Crippen LogP contribution in [0.2, 0.25) is 0 Å². The van der Waals surface area contributed by atoms with Gasteiger partial charge < -0.3 is 10.6 Å². The summed E-state index contributed by atoms with van der Waals surface area (Å²) in [7, 11) is 1.48. The Morgan fingerprint density at radius 3 is 2.86 bits per heavy atom. The largest absolute Gasteiger partial charge is 0.370 e. The Kier molecular flexibility index (Phi) is 5.44. The fourth-order valence-electron chi connectivity index (χ4n) is 3.16. The van der Waals surface area contributed by atoms with Crippen LogP contribution in [0, 0.1) is 5.82 Å². The van der Waals surface area contributed by atoms with Crippen LogP contribution in [0.4, 0.5) is 10.2 Å². The average molecular weight is 407 g/mol. The van der Waals surface area contributed by atoms with Crippen LogP contribution in [-0.2, 0) is 6.42 Å². The molecule has 0 radical (unpaired) electrons. The zero-order chi connectivity index (χ0) is 20.2. The Bertz CT molecular complexity index is 1160. The second kappa shape index (κ2) is 8.32. The van der Waals surface area contributed by atoms with Crippen molar-refractivity contribution in [3.63, 3.8) is 0 Å². The van der Waals surface area contributed by atoms with Gasteiger partial charge in [0, 0.05) is 25.0 Å². The van der Waals surface area contributed by atoms with Gasteiger partial charge in [0.2, 0.25) is 0 Å².